The van der Waals surface area contributed by atoms with Crippen molar-refractivity contribution in [3.05, 3.63) is 53.4 Å². The first kappa shape index (κ1) is 18.9. The number of carbonyl (C=O) groups is 1. The Morgan fingerprint density at radius 1 is 1.30 bits per heavy atom. The number of carbonyl (C=O) groups excluding carboxylic acids is 1. The van der Waals surface area contributed by atoms with E-state index in [1.807, 2.05) is 32.0 Å². The van der Waals surface area contributed by atoms with E-state index in [-0.39, 0.29) is 11.9 Å². The molecule has 0 radical (unpaired) electrons. The highest BCUT2D eigenvalue weighted by Crippen LogP contribution is 2.20. The fourth-order valence-corrected chi connectivity index (χ4v) is 3.23. The number of methoxy groups -OCH3 is 1. The Morgan fingerprint density at radius 3 is 2.81 bits per heavy atom. The zero-order valence-corrected chi connectivity index (χ0v) is 16.1. The molecule has 1 unspecified atom stereocenters. The van der Waals surface area contributed by atoms with Crippen molar-refractivity contribution >= 4 is 11.7 Å². The lowest BCUT2D eigenvalue weighted by Gasteiger charge is -2.27. The molecular weight excluding hydrogens is 344 g/mol. The van der Waals surface area contributed by atoms with E-state index in [0.717, 1.165) is 22.6 Å². The lowest BCUT2D eigenvalue weighted by molar-refractivity contribution is -0.133. The van der Waals surface area contributed by atoms with Crippen molar-refractivity contribution < 1.29 is 9.53 Å². The van der Waals surface area contributed by atoms with E-state index >= 15 is 0 Å². The van der Waals surface area contributed by atoms with Crippen LogP contribution in [0.1, 0.15) is 35.1 Å². The highest BCUT2D eigenvalue weighted by atomic mass is 16.5. The van der Waals surface area contributed by atoms with Gasteiger partial charge in [0.15, 0.2) is 0 Å². The summed E-state index contributed by atoms with van der Waals surface area (Å²) in [6.07, 6.45) is 4.17. The molecule has 0 aliphatic carbocycles. The van der Waals surface area contributed by atoms with Crippen LogP contribution in [0.15, 0.2) is 30.7 Å². The van der Waals surface area contributed by atoms with Crippen LogP contribution >= 0.6 is 0 Å². The molecule has 0 N–H and O–H groups in total. The van der Waals surface area contributed by atoms with E-state index < -0.39 is 0 Å². The van der Waals surface area contributed by atoms with Crippen LogP contribution in [0.4, 0.5) is 0 Å². The largest absolute Gasteiger partial charge is 0.382 e. The molecule has 3 aromatic rings. The van der Waals surface area contributed by atoms with Gasteiger partial charge in [-0.2, -0.15) is 10.1 Å². The number of fused-ring (bicyclic) bond motifs is 1. The van der Waals surface area contributed by atoms with Crippen LogP contribution < -0.4 is 0 Å². The summed E-state index contributed by atoms with van der Waals surface area (Å²) in [6.45, 7) is 4.30. The number of likely N-dealkylation sites (N-methyl/N-ethyl adjacent to an activating group) is 1. The zero-order valence-electron chi connectivity index (χ0n) is 16.1. The number of amides is 1. The molecule has 0 aromatic carbocycles. The maximum Gasteiger partial charge on any atom is 0.252 e. The molecular formula is C19H24N6O2. The minimum Gasteiger partial charge on any atom is -0.382 e. The van der Waals surface area contributed by atoms with E-state index in [9.17, 15) is 4.79 Å². The first-order chi connectivity index (χ1) is 13.0. The Kier molecular flexibility index (Phi) is 5.75. The van der Waals surface area contributed by atoms with Gasteiger partial charge in [0.05, 0.1) is 18.3 Å². The number of aromatic nitrogens is 5. The van der Waals surface area contributed by atoms with Crippen LogP contribution in [0, 0.1) is 13.8 Å². The average Bonchev–Trinajstić information content (AvgIpc) is 3.14. The van der Waals surface area contributed by atoms with Crippen LogP contribution in [0.5, 0.6) is 0 Å². The van der Waals surface area contributed by atoms with Crippen molar-refractivity contribution in [3.63, 3.8) is 0 Å². The predicted molar refractivity (Wildman–Crippen MR) is 100 cm³/mol. The van der Waals surface area contributed by atoms with Gasteiger partial charge in [-0.05, 0) is 38.0 Å². The summed E-state index contributed by atoms with van der Waals surface area (Å²) in [5.41, 5.74) is 3.68. The maximum absolute atomic E-state index is 12.8. The van der Waals surface area contributed by atoms with Gasteiger partial charge < -0.3 is 9.64 Å². The summed E-state index contributed by atoms with van der Waals surface area (Å²) < 4.78 is 7.01. The Balaban J connectivity index is 1.75. The van der Waals surface area contributed by atoms with Gasteiger partial charge in [-0.1, -0.05) is 6.07 Å². The summed E-state index contributed by atoms with van der Waals surface area (Å²) in [5, 5.41) is 4.20. The molecule has 0 saturated heterocycles. The van der Waals surface area contributed by atoms with E-state index in [4.69, 9.17) is 4.74 Å². The monoisotopic (exact) mass is 368 g/mol. The second kappa shape index (κ2) is 8.22. The molecule has 8 heteroatoms. The van der Waals surface area contributed by atoms with E-state index in [0.29, 0.717) is 25.2 Å². The highest BCUT2D eigenvalue weighted by molar-refractivity contribution is 5.76. The van der Waals surface area contributed by atoms with Crippen molar-refractivity contribution in [1.29, 1.82) is 0 Å². The summed E-state index contributed by atoms with van der Waals surface area (Å²) in [5.74, 6) is 0.604. The summed E-state index contributed by atoms with van der Waals surface area (Å²) >= 11 is 0. The molecule has 0 aliphatic rings. The third-order valence-corrected chi connectivity index (χ3v) is 4.79. The molecule has 0 aliphatic heterocycles. The molecule has 0 spiro atoms. The minimum absolute atomic E-state index is 0.0280. The van der Waals surface area contributed by atoms with Crippen LogP contribution in [0.2, 0.25) is 0 Å². The molecule has 8 nitrogen and oxygen atoms in total. The lowest BCUT2D eigenvalue weighted by atomic mass is 10.1. The third kappa shape index (κ3) is 3.95. The van der Waals surface area contributed by atoms with Crippen molar-refractivity contribution in [2.45, 2.75) is 32.7 Å². The third-order valence-electron chi connectivity index (χ3n) is 4.79. The lowest BCUT2D eigenvalue weighted by Crippen LogP contribution is -2.34. The highest BCUT2D eigenvalue weighted by Gasteiger charge is 2.23. The fraction of sp³-hybridized carbons (Fsp3) is 0.421. The quantitative estimate of drug-likeness (QED) is 0.633. The molecule has 3 rings (SSSR count). The molecule has 1 atom stereocenters. The second-order valence-electron chi connectivity index (χ2n) is 6.46. The molecule has 0 bridgehead atoms. The number of pyridine rings is 1. The normalized spacial score (nSPS) is 12.3. The van der Waals surface area contributed by atoms with Crippen molar-refractivity contribution in [1.82, 2.24) is 29.5 Å². The van der Waals surface area contributed by atoms with Gasteiger partial charge in [0.2, 0.25) is 5.91 Å². The fourth-order valence-electron chi connectivity index (χ4n) is 3.23. The summed E-state index contributed by atoms with van der Waals surface area (Å²) in [6, 6.07) is 5.45. The van der Waals surface area contributed by atoms with E-state index in [2.05, 4.69) is 20.1 Å². The van der Waals surface area contributed by atoms with Crippen LogP contribution in [-0.4, -0.2) is 56.1 Å². The van der Waals surface area contributed by atoms with Gasteiger partial charge in [0.1, 0.15) is 6.33 Å². The van der Waals surface area contributed by atoms with Gasteiger partial charge >= 0.3 is 0 Å². The molecule has 3 aromatic heterocycles. The molecule has 0 fully saturated rings. The Labute approximate surface area is 158 Å². The minimum atomic E-state index is -0.221. The number of hydrogen-bond donors (Lipinski definition) is 0. The topological polar surface area (TPSA) is 85.5 Å². The maximum atomic E-state index is 12.8. The Hall–Kier alpha value is -2.87. The van der Waals surface area contributed by atoms with E-state index in [1.54, 1.807) is 29.8 Å². The molecule has 0 saturated carbocycles. The van der Waals surface area contributed by atoms with Crippen molar-refractivity contribution in [2.75, 3.05) is 20.8 Å². The number of nitrogens with zero attached hydrogens (tertiary/aromatic N) is 6. The second-order valence-corrected chi connectivity index (χ2v) is 6.46. The summed E-state index contributed by atoms with van der Waals surface area (Å²) in [4.78, 5) is 27.5. The zero-order chi connectivity index (χ0) is 19.4. The predicted octanol–water partition coefficient (Wildman–Crippen LogP) is 1.91. The van der Waals surface area contributed by atoms with E-state index in [1.165, 1.54) is 6.33 Å². The number of aryl methyl sites for hydroxylation is 2. The van der Waals surface area contributed by atoms with Crippen LogP contribution in [0.25, 0.3) is 5.78 Å². The Morgan fingerprint density at radius 2 is 2.11 bits per heavy atom. The number of ether oxygens (including phenoxy) is 1. The number of rotatable bonds is 7. The summed E-state index contributed by atoms with van der Waals surface area (Å²) in [7, 11) is 3.42. The van der Waals surface area contributed by atoms with Gasteiger partial charge in [0.25, 0.3) is 5.78 Å². The molecule has 27 heavy (non-hydrogen) atoms. The Bertz CT molecular complexity index is 925. The SMILES string of the molecule is COCC(c1ccccn1)N(C)C(=O)CCc1c(C)nc2ncnn2c1C. The average molecular weight is 368 g/mol. The first-order valence-corrected chi connectivity index (χ1v) is 8.84. The standard InChI is InChI=1S/C19H24N6O2/c1-13-15(14(2)25-19(23-13)21-12-22-25)8-9-18(26)24(3)17(11-27-4)16-7-5-6-10-20-16/h5-7,10,12,17H,8-9,11H2,1-4H3. The van der Waals surface area contributed by atoms with Gasteiger partial charge in [0, 0.05) is 38.2 Å². The smallest absolute Gasteiger partial charge is 0.252 e. The van der Waals surface area contributed by atoms with Gasteiger partial charge in [-0.25, -0.2) is 9.50 Å². The van der Waals surface area contributed by atoms with Gasteiger partial charge in [-0.15, -0.1) is 0 Å². The van der Waals surface area contributed by atoms with Crippen LogP contribution in [0.3, 0.4) is 0 Å². The molecule has 142 valence electrons. The number of hydrogen-bond acceptors (Lipinski definition) is 6. The first-order valence-electron chi connectivity index (χ1n) is 8.84. The van der Waals surface area contributed by atoms with Crippen molar-refractivity contribution in [2.24, 2.45) is 0 Å². The van der Waals surface area contributed by atoms with Crippen LogP contribution in [-0.2, 0) is 16.0 Å². The van der Waals surface area contributed by atoms with Gasteiger partial charge in [-0.3, -0.25) is 9.78 Å². The van der Waals surface area contributed by atoms with Crippen molar-refractivity contribution in [3.8, 4) is 0 Å². The molecule has 3 heterocycles. The molecule has 1 amide bonds.